The molecular formula is C11H12FN3O2S. The molecule has 0 saturated carbocycles. The highest BCUT2D eigenvalue weighted by Gasteiger charge is 2.35. The number of piperidine rings is 1. The first kappa shape index (κ1) is 12.9. The lowest BCUT2D eigenvalue weighted by Crippen LogP contribution is -2.43. The van der Waals surface area contributed by atoms with Crippen LogP contribution in [0.2, 0.25) is 0 Å². The number of aromatic nitrogens is 1. The molecule has 1 aromatic rings. The van der Waals surface area contributed by atoms with Gasteiger partial charge in [-0.3, -0.25) is 0 Å². The van der Waals surface area contributed by atoms with E-state index in [-0.39, 0.29) is 6.54 Å². The zero-order chi connectivity index (χ0) is 13.2. The molecule has 1 atom stereocenters. The van der Waals surface area contributed by atoms with Crippen LogP contribution in [0.5, 0.6) is 0 Å². The molecule has 1 unspecified atom stereocenters. The minimum atomic E-state index is -4.03. The number of rotatable bonds is 2. The van der Waals surface area contributed by atoms with Gasteiger partial charge in [0.1, 0.15) is 6.04 Å². The first-order chi connectivity index (χ1) is 8.57. The molecule has 0 aliphatic carbocycles. The van der Waals surface area contributed by atoms with Gasteiger partial charge in [0.05, 0.1) is 6.07 Å². The molecule has 7 heteroatoms. The predicted octanol–water partition coefficient (Wildman–Crippen LogP) is 1.29. The second-order valence-corrected chi connectivity index (χ2v) is 5.85. The van der Waals surface area contributed by atoms with E-state index in [2.05, 4.69) is 4.98 Å². The van der Waals surface area contributed by atoms with E-state index in [1.165, 1.54) is 12.3 Å². The monoisotopic (exact) mass is 269 g/mol. The van der Waals surface area contributed by atoms with Crippen LogP contribution < -0.4 is 0 Å². The van der Waals surface area contributed by atoms with Crippen LogP contribution in [0.4, 0.5) is 4.39 Å². The molecule has 0 N–H and O–H groups in total. The molecule has 2 heterocycles. The minimum absolute atomic E-state index is 0.233. The van der Waals surface area contributed by atoms with Gasteiger partial charge in [0, 0.05) is 12.7 Å². The maximum atomic E-state index is 13.5. The standard InChI is InChI=1S/C11H12FN3O2S/c12-10-5-3-6-14-11(10)18(16,17)15-7-2-1-4-9(15)8-13/h3,5-6,9H,1-2,4,7H2. The summed E-state index contributed by atoms with van der Waals surface area (Å²) in [5, 5.41) is 8.37. The average Bonchev–Trinajstić information content (AvgIpc) is 2.39. The summed E-state index contributed by atoms with van der Waals surface area (Å²) >= 11 is 0. The van der Waals surface area contributed by atoms with Gasteiger partial charge >= 0.3 is 0 Å². The van der Waals surface area contributed by atoms with Crippen molar-refractivity contribution in [2.45, 2.75) is 30.3 Å². The summed E-state index contributed by atoms with van der Waals surface area (Å²) < 4.78 is 39.1. The fourth-order valence-corrected chi connectivity index (χ4v) is 3.58. The zero-order valence-corrected chi connectivity index (χ0v) is 10.4. The second kappa shape index (κ2) is 5.00. The van der Waals surface area contributed by atoms with Gasteiger partial charge in [-0.25, -0.2) is 17.8 Å². The van der Waals surface area contributed by atoms with Gasteiger partial charge in [-0.1, -0.05) is 0 Å². The molecule has 0 spiro atoms. The van der Waals surface area contributed by atoms with Gasteiger partial charge in [-0.15, -0.1) is 0 Å². The number of nitrogens with zero attached hydrogens (tertiary/aromatic N) is 3. The molecular weight excluding hydrogens is 257 g/mol. The summed E-state index contributed by atoms with van der Waals surface area (Å²) in [6.45, 7) is 0.233. The molecule has 0 radical (unpaired) electrons. The van der Waals surface area contributed by atoms with E-state index < -0.39 is 26.9 Å². The Labute approximate surface area is 105 Å². The first-order valence-electron chi connectivity index (χ1n) is 5.59. The Morgan fingerprint density at radius 3 is 2.94 bits per heavy atom. The van der Waals surface area contributed by atoms with Crippen LogP contribution in [0.25, 0.3) is 0 Å². The van der Waals surface area contributed by atoms with Crippen LogP contribution in [-0.2, 0) is 10.0 Å². The van der Waals surface area contributed by atoms with Gasteiger partial charge < -0.3 is 0 Å². The first-order valence-corrected chi connectivity index (χ1v) is 7.03. The summed E-state index contributed by atoms with van der Waals surface area (Å²) in [7, 11) is -4.03. The number of nitriles is 1. The third kappa shape index (κ3) is 2.21. The third-order valence-corrected chi connectivity index (χ3v) is 4.72. The third-order valence-electron chi connectivity index (χ3n) is 2.88. The maximum absolute atomic E-state index is 13.5. The van der Waals surface area contributed by atoms with Gasteiger partial charge in [0.2, 0.25) is 5.03 Å². The number of sulfonamides is 1. The summed E-state index contributed by atoms with van der Waals surface area (Å²) in [4.78, 5) is 3.58. The van der Waals surface area contributed by atoms with E-state index in [0.717, 1.165) is 16.8 Å². The number of hydrogen-bond donors (Lipinski definition) is 0. The Morgan fingerprint density at radius 1 is 1.50 bits per heavy atom. The van der Waals surface area contributed by atoms with Crippen LogP contribution in [0, 0.1) is 17.1 Å². The molecule has 96 valence electrons. The number of hydrogen-bond acceptors (Lipinski definition) is 4. The van der Waals surface area contributed by atoms with E-state index in [4.69, 9.17) is 5.26 Å². The van der Waals surface area contributed by atoms with Crippen LogP contribution in [0.1, 0.15) is 19.3 Å². The minimum Gasteiger partial charge on any atom is -0.241 e. The summed E-state index contributed by atoms with van der Waals surface area (Å²) in [5.74, 6) is -0.889. The largest absolute Gasteiger partial charge is 0.264 e. The Hall–Kier alpha value is -1.52. The Bertz CT molecular complexity index is 582. The number of pyridine rings is 1. The van der Waals surface area contributed by atoms with E-state index >= 15 is 0 Å². The maximum Gasteiger partial charge on any atom is 0.264 e. The number of halogens is 1. The molecule has 5 nitrogen and oxygen atoms in total. The molecule has 0 aromatic carbocycles. The summed E-state index contributed by atoms with van der Waals surface area (Å²) in [6, 6.07) is 3.59. The Balaban J connectivity index is 2.43. The summed E-state index contributed by atoms with van der Waals surface area (Å²) in [6.07, 6.45) is 3.17. The molecule has 1 aliphatic rings. The lowest BCUT2D eigenvalue weighted by molar-refractivity contribution is 0.295. The Morgan fingerprint density at radius 2 is 2.28 bits per heavy atom. The van der Waals surface area contributed by atoms with Crippen molar-refractivity contribution in [1.82, 2.24) is 9.29 Å². The lowest BCUT2D eigenvalue weighted by atomic mass is 10.1. The van der Waals surface area contributed by atoms with Crippen molar-refractivity contribution in [3.05, 3.63) is 24.1 Å². The van der Waals surface area contributed by atoms with Gasteiger partial charge in [0.25, 0.3) is 10.0 Å². The normalized spacial score (nSPS) is 21.4. The van der Waals surface area contributed by atoms with E-state index in [0.29, 0.717) is 12.8 Å². The molecule has 0 amide bonds. The van der Waals surface area contributed by atoms with E-state index in [1.807, 2.05) is 6.07 Å². The highest BCUT2D eigenvalue weighted by atomic mass is 32.2. The molecule has 1 aliphatic heterocycles. The molecule has 0 bridgehead atoms. The molecule has 18 heavy (non-hydrogen) atoms. The molecule has 1 saturated heterocycles. The fourth-order valence-electron chi connectivity index (χ4n) is 1.99. The van der Waals surface area contributed by atoms with E-state index in [1.54, 1.807) is 0 Å². The lowest BCUT2D eigenvalue weighted by Gasteiger charge is -2.29. The fraction of sp³-hybridized carbons (Fsp3) is 0.455. The van der Waals surface area contributed by atoms with Crippen molar-refractivity contribution in [2.24, 2.45) is 0 Å². The van der Waals surface area contributed by atoms with Crippen molar-refractivity contribution in [3.63, 3.8) is 0 Å². The van der Waals surface area contributed by atoms with Gasteiger partial charge in [-0.2, -0.15) is 9.57 Å². The van der Waals surface area contributed by atoms with Crippen molar-refractivity contribution in [2.75, 3.05) is 6.54 Å². The smallest absolute Gasteiger partial charge is 0.241 e. The van der Waals surface area contributed by atoms with Crippen LogP contribution in [-0.4, -0.2) is 30.3 Å². The van der Waals surface area contributed by atoms with Crippen molar-refractivity contribution in [3.8, 4) is 6.07 Å². The highest BCUT2D eigenvalue weighted by molar-refractivity contribution is 7.89. The zero-order valence-electron chi connectivity index (χ0n) is 9.58. The van der Waals surface area contributed by atoms with Crippen molar-refractivity contribution in [1.29, 1.82) is 5.26 Å². The molecule has 1 aromatic heterocycles. The van der Waals surface area contributed by atoms with Crippen LogP contribution in [0.3, 0.4) is 0 Å². The van der Waals surface area contributed by atoms with E-state index in [9.17, 15) is 12.8 Å². The Kier molecular flexibility index (Phi) is 3.59. The van der Waals surface area contributed by atoms with Crippen LogP contribution >= 0.6 is 0 Å². The van der Waals surface area contributed by atoms with Gasteiger partial charge in [-0.05, 0) is 31.4 Å². The predicted molar refractivity (Wildman–Crippen MR) is 61.3 cm³/mol. The van der Waals surface area contributed by atoms with Crippen molar-refractivity contribution >= 4 is 10.0 Å². The van der Waals surface area contributed by atoms with Gasteiger partial charge in [0.15, 0.2) is 5.82 Å². The SMILES string of the molecule is N#CC1CCCCN1S(=O)(=O)c1ncccc1F. The quantitative estimate of drug-likeness (QED) is 0.810. The highest BCUT2D eigenvalue weighted by Crippen LogP contribution is 2.25. The van der Waals surface area contributed by atoms with Crippen molar-refractivity contribution < 1.29 is 12.8 Å². The molecule has 2 rings (SSSR count). The second-order valence-electron chi connectivity index (χ2n) is 4.05. The average molecular weight is 269 g/mol. The van der Waals surface area contributed by atoms with Crippen LogP contribution in [0.15, 0.2) is 23.4 Å². The topological polar surface area (TPSA) is 74.1 Å². The summed E-state index contributed by atoms with van der Waals surface area (Å²) in [5.41, 5.74) is 0. The molecule has 1 fully saturated rings.